The molecule has 216 valence electrons. The quantitative estimate of drug-likeness (QED) is 0.233. The van der Waals surface area contributed by atoms with Crippen LogP contribution in [0.4, 0.5) is 74.6 Å². The summed E-state index contributed by atoms with van der Waals surface area (Å²) in [6.45, 7) is 3.90. The lowest BCUT2D eigenvalue weighted by Crippen LogP contribution is -2.68. The number of hydrogen-bond donors (Lipinski definition) is 0. The van der Waals surface area contributed by atoms with Crippen LogP contribution in [-0.4, -0.2) is 60.5 Å². The number of esters is 1. The predicted octanol–water partition coefficient (Wildman–Crippen LogP) is 6.84. The van der Waals surface area contributed by atoms with Crippen LogP contribution >= 0.6 is 0 Å². The molecule has 0 fully saturated rings. The van der Waals surface area contributed by atoms with E-state index < -0.39 is 65.9 Å². The number of halogens is 17. The fraction of sp³-hybridized carbons (Fsp3) is 0.933. The van der Waals surface area contributed by atoms with Crippen molar-refractivity contribution < 1.29 is 93.6 Å². The lowest BCUT2D eigenvalue weighted by molar-refractivity contribution is -0.548. The van der Waals surface area contributed by atoms with Crippen molar-refractivity contribution in [2.45, 2.75) is 82.2 Å². The number of carbonyl (C=O) groups excluding carboxylic acids is 1. The lowest BCUT2D eigenvalue weighted by Gasteiger charge is -2.40. The summed E-state index contributed by atoms with van der Waals surface area (Å²) in [5.41, 5.74) is -1.44. The molecule has 0 aliphatic heterocycles. The van der Waals surface area contributed by atoms with Crippen LogP contribution in [0.3, 0.4) is 0 Å². The average Bonchev–Trinajstić information content (AvgIpc) is 2.56. The summed E-state index contributed by atoms with van der Waals surface area (Å²) in [6.07, 6.45) is -40.5. The Labute approximate surface area is 188 Å². The van der Waals surface area contributed by atoms with Gasteiger partial charge in [-0.05, 0) is 12.3 Å². The van der Waals surface area contributed by atoms with Gasteiger partial charge in [-0.1, -0.05) is 20.8 Å². The summed E-state index contributed by atoms with van der Waals surface area (Å²) in [5.74, 6) is -26.4. The van der Waals surface area contributed by atoms with E-state index in [1.54, 1.807) is 0 Å². The van der Waals surface area contributed by atoms with E-state index in [1.165, 1.54) is 4.74 Å². The molecule has 0 aromatic rings. The van der Waals surface area contributed by atoms with Crippen LogP contribution in [-0.2, 0) is 19.0 Å². The van der Waals surface area contributed by atoms with Gasteiger partial charge in [-0.2, -0.15) is 74.6 Å². The maximum absolute atomic E-state index is 14.3. The Kier molecular flexibility index (Phi) is 8.73. The molecule has 0 saturated carbocycles. The summed E-state index contributed by atoms with van der Waals surface area (Å²) in [6, 6.07) is 0. The molecule has 0 aromatic heterocycles. The number of alkyl halides is 17. The van der Waals surface area contributed by atoms with Crippen molar-refractivity contribution in [3.05, 3.63) is 0 Å². The second kappa shape index (κ2) is 9.19. The largest absolute Gasteiger partial charge is 0.462 e. The first kappa shape index (κ1) is 34.2. The molecule has 0 radical (unpaired) electrons. The first-order chi connectivity index (χ1) is 15.2. The molecular weight excluding hydrogens is 567 g/mol. The van der Waals surface area contributed by atoms with E-state index in [4.69, 9.17) is 0 Å². The van der Waals surface area contributed by atoms with Crippen LogP contribution in [0.15, 0.2) is 0 Å². The summed E-state index contributed by atoms with van der Waals surface area (Å²) in [5, 5.41) is 0. The maximum atomic E-state index is 14.3. The Morgan fingerprint density at radius 2 is 0.972 bits per heavy atom. The van der Waals surface area contributed by atoms with E-state index in [9.17, 15) is 79.4 Å². The Morgan fingerprint density at radius 1 is 0.583 bits per heavy atom. The molecule has 0 N–H and O–H groups in total. The molecule has 0 bridgehead atoms. The van der Waals surface area contributed by atoms with Crippen molar-refractivity contribution in [2.24, 2.45) is 5.41 Å². The second-order valence-corrected chi connectivity index (χ2v) is 7.91. The Bertz CT molecular complexity index is 794. The van der Waals surface area contributed by atoms with Crippen LogP contribution in [0, 0.1) is 5.41 Å². The molecule has 0 amide bonds. The number of carbonyl (C=O) groups is 1. The molecule has 36 heavy (non-hydrogen) atoms. The smallest absolute Gasteiger partial charge is 0.458 e. The van der Waals surface area contributed by atoms with E-state index in [1.807, 2.05) is 4.74 Å². The summed E-state index contributed by atoms with van der Waals surface area (Å²) in [7, 11) is 0. The SMILES string of the molecule is CC(OC(=O)C(F)(OC(F)(F)C(F)(OC(F)(F)C(F)(F)C(F)(F)F)C(F)(F)F)C(F)(F)F)C(C)(C)C. The first-order valence-corrected chi connectivity index (χ1v) is 8.54. The van der Waals surface area contributed by atoms with Gasteiger partial charge in [0.2, 0.25) is 0 Å². The zero-order valence-electron chi connectivity index (χ0n) is 17.6. The maximum Gasteiger partial charge on any atom is 0.462 e. The van der Waals surface area contributed by atoms with Crippen LogP contribution in [0.1, 0.15) is 27.7 Å². The molecular formula is C15H13F17O4. The third kappa shape index (κ3) is 6.18. The van der Waals surface area contributed by atoms with Crippen LogP contribution < -0.4 is 0 Å². The van der Waals surface area contributed by atoms with Gasteiger partial charge in [0, 0.05) is 0 Å². The van der Waals surface area contributed by atoms with E-state index in [-0.39, 0.29) is 0 Å². The highest BCUT2D eigenvalue weighted by atomic mass is 19.4. The zero-order valence-corrected chi connectivity index (χ0v) is 17.6. The highest BCUT2D eigenvalue weighted by Crippen LogP contribution is 2.56. The topological polar surface area (TPSA) is 44.8 Å². The highest BCUT2D eigenvalue weighted by Gasteiger charge is 2.85. The summed E-state index contributed by atoms with van der Waals surface area (Å²) in [4.78, 5) is 11.6. The molecule has 0 spiro atoms. The standard InChI is InChI=1S/C15H13F17O4/c1-5(7(2,3)4)34-6(33)8(16,11(20,21)22)35-15(31,32)10(19,13(26,27)28)36-14(29,30)9(17,18)12(23,24)25/h5H,1-4H3. The third-order valence-electron chi connectivity index (χ3n) is 4.13. The first-order valence-electron chi connectivity index (χ1n) is 8.54. The van der Waals surface area contributed by atoms with E-state index in [0.29, 0.717) is 6.92 Å². The molecule has 0 rings (SSSR count). The van der Waals surface area contributed by atoms with Gasteiger partial charge in [0.1, 0.15) is 6.10 Å². The monoisotopic (exact) mass is 580 g/mol. The minimum absolute atomic E-state index is 0.685. The number of ether oxygens (including phenoxy) is 3. The van der Waals surface area contributed by atoms with Gasteiger partial charge in [-0.25, -0.2) is 4.79 Å². The molecule has 0 saturated heterocycles. The average molecular weight is 580 g/mol. The van der Waals surface area contributed by atoms with E-state index in [0.717, 1.165) is 20.8 Å². The Morgan fingerprint density at radius 3 is 1.25 bits per heavy atom. The minimum Gasteiger partial charge on any atom is -0.458 e. The molecule has 4 nitrogen and oxygen atoms in total. The predicted molar refractivity (Wildman–Crippen MR) is 77.9 cm³/mol. The number of rotatable bonds is 8. The normalized spacial score (nSPS) is 19.4. The second-order valence-electron chi connectivity index (χ2n) is 7.91. The molecule has 0 aliphatic carbocycles. The Hall–Kier alpha value is -1.80. The molecule has 0 heterocycles. The minimum atomic E-state index is -8.06. The van der Waals surface area contributed by atoms with Gasteiger partial charge < -0.3 is 4.74 Å². The van der Waals surface area contributed by atoms with Gasteiger partial charge >= 0.3 is 54.3 Å². The van der Waals surface area contributed by atoms with E-state index in [2.05, 4.69) is 4.74 Å². The van der Waals surface area contributed by atoms with Crippen LogP contribution in [0.5, 0.6) is 0 Å². The molecule has 3 atom stereocenters. The summed E-state index contributed by atoms with van der Waals surface area (Å²) >= 11 is 0. The lowest BCUT2D eigenvalue weighted by atomic mass is 9.90. The van der Waals surface area contributed by atoms with Gasteiger partial charge in [0.15, 0.2) is 0 Å². The Balaban J connectivity index is 6.78. The van der Waals surface area contributed by atoms with Gasteiger partial charge in [-0.15, -0.1) is 0 Å². The summed E-state index contributed by atoms with van der Waals surface area (Å²) < 4.78 is 229. The fourth-order valence-electron chi connectivity index (χ4n) is 1.56. The molecule has 0 aliphatic rings. The van der Waals surface area contributed by atoms with Crippen molar-refractivity contribution in [3.8, 4) is 0 Å². The van der Waals surface area contributed by atoms with Gasteiger partial charge in [0.25, 0.3) is 0 Å². The molecule has 21 heteroatoms. The van der Waals surface area contributed by atoms with Gasteiger partial charge in [0.05, 0.1) is 0 Å². The van der Waals surface area contributed by atoms with Crippen molar-refractivity contribution in [3.63, 3.8) is 0 Å². The molecule has 0 aromatic carbocycles. The van der Waals surface area contributed by atoms with E-state index >= 15 is 0 Å². The van der Waals surface area contributed by atoms with Gasteiger partial charge in [-0.3, -0.25) is 9.47 Å². The van der Waals surface area contributed by atoms with Crippen LogP contribution in [0.25, 0.3) is 0 Å². The zero-order chi connectivity index (χ0) is 29.8. The van der Waals surface area contributed by atoms with Crippen molar-refractivity contribution in [1.29, 1.82) is 0 Å². The third-order valence-corrected chi connectivity index (χ3v) is 4.13. The fourth-order valence-corrected chi connectivity index (χ4v) is 1.56. The molecule has 3 unspecified atom stereocenters. The highest BCUT2D eigenvalue weighted by molar-refractivity contribution is 5.79. The van der Waals surface area contributed by atoms with Crippen LogP contribution in [0.2, 0.25) is 0 Å². The number of hydrogen-bond acceptors (Lipinski definition) is 4. The van der Waals surface area contributed by atoms with Crippen molar-refractivity contribution in [2.75, 3.05) is 0 Å². The van der Waals surface area contributed by atoms with Crippen molar-refractivity contribution in [1.82, 2.24) is 0 Å². The van der Waals surface area contributed by atoms with Crippen molar-refractivity contribution >= 4 is 5.97 Å².